The molecule has 4 nitrogen and oxygen atoms in total. The van der Waals surface area contributed by atoms with E-state index >= 15 is 0 Å². The number of carbonyl (C=O) groups excluding carboxylic acids is 1. The average Bonchev–Trinajstić information content (AvgIpc) is 3.08. The zero-order valence-corrected chi connectivity index (χ0v) is 14.9. The van der Waals surface area contributed by atoms with Gasteiger partial charge in [0.1, 0.15) is 5.01 Å². The molecule has 1 heterocycles. The number of primary amides is 1. The van der Waals surface area contributed by atoms with Crippen LogP contribution >= 0.6 is 11.3 Å². The number of hydrogen-bond acceptors (Lipinski definition) is 4. The number of alkyl halides is 3. The van der Waals surface area contributed by atoms with Gasteiger partial charge in [-0.25, -0.2) is 4.98 Å². The fourth-order valence-corrected chi connectivity index (χ4v) is 4.03. The van der Waals surface area contributed by atoms with Crippen LogP contribution in [0.1, 0.15) is 36.9 Å². The zero-order valence-electron chi connectivity index (χ0n) is 14.1. The van der Waals surface area contributed by atoms with Crippen LogP contribution in [0, 0.1) is 5.92 Å². The monoisotopic (exact) mass is 383 g/mol. The quantitative estimate of drug-likeness (QED) is 0.821. The first-order valence-electron chi connectivity index (χ1n) is 8.47. The molecule has 3 N–H and O–H groups in total. The maximum absolute atomic E-state index is 12.6. The number of halogens is 3. The highest BCUT2D eigenvalue weighted by atomic mass is 32.1. The molecular weight excluding hydrogens is 363 g/mol. The Morgan fingerprint density at radius 3 is 2.65 bits per heavy atom. The second kappa shape index (κ2) is 7.75. The van der Waals surface area contributed by atoms with Gasteiger partial charge in [0.15, 0.2) is 0 Å². The van der Waals surface area contributed by atoms with E-state index in [4.69, 9.17) is 5.73 Å². The predicted octanol–water partition coefficient (Wildman–Crippen LogP) is 3.96. The summed E-state index contributed by atoms with van der Waals surface area (Å²) in [6.45, 7) is 0.563. The predicted molar refractivity (Wildman–Crippen MR) is 94.3 cm³/mol. The van der Waals surface area contributed by atoms with Crippen molar-refractivity contribution in [3.8, 4) is 10.6 Å². The number of benzene rings is 1. The molecule has 0 bridgehead atoms. The molecule has 8 heteroatoms. The Hall–Kier alpha value is -1.93. The highest BCUT2D eigenvalue weighted by Crippen LogP contribution is 2.32. The van der Waals surface area contributed by atoms with Crippen molar-refractivity contribution in [3.63, 3.8) is 0 Å². The van der Waals surface area contributed by atoms with E-state index in [1.54, 1.807) is 0 Å². The Morgan fingerprint density at radius 1 is 1.27 bits per heavy atom. The van der Waals surface area contributed by atoms with Gasteiger partial charge in [0.2, 0.25) is 5.91 Å². The Morgan fingerprint density at radius 2 is 2.00 bits per heavy atom. The van der Waals surface area contributed by atoms with Crippen LogP contribution in [0.2, 0.25) is 0 Å². The van der Waals surface area contributed by atoms with Crippen LogP contribution < -0.4 is 11.1 Å². The van der Waals surface area contributed by atoms with Crippen LogP contribution in [-0.4, -0.2) is 16.9 Å². The summed E-state index contributed by atoms with van der Waals surface area (Å²) in [4.78, 5) is 15.8. The Labute approximate surface area is 153 Å². The van der Waals surface area contributed by atoms with Gasteiger partial charge < -0.3 is 11.1 Å². The molecule has 1 saturated carbocycles. The maximum Gasteiger partial charge on any atom is 0.416 e. The molecule has 140 valence electrons. The number of nitrogens with one attached hydrogen (secondary N) is 1. The first kappa shape index (κ1) is 18.8. The highest BCUT2D eigenvalue weighted by Gasteiger charge is 2.30. The third kappa shape index (κ3) is 4.62. The SMILES string of the molecule is NC(=O)C1CCCC(NCc2csc(-c3ccc(C(F)(F)F)cc3)n2)C1. The molecule has 0 spiro atoms. The summed E-state index contributed by atoms with van der Waals surface area (Å²) in [5.74, 6) is -0.311. The van der Waals surface area contributed by atoms with E-state index < -0.39 is 11.7 Å². The van der Waals surface area contributed by atoms with E-state index in [0.717, 1.165) is 43.5 Å². The molecule has 1 amide bonds. The van der Waals surface area contributed by atoms with Crippen LogP contribution in [0.25, 0.3) is 10.6 Å². The molecule has 2 aromatic rings. The maximum atomic E-state index is 12.6. The Balaban J connectivity index is 1.59. The molecule has 1 fully saturated rings. The summed E-state index contributed by atoms with van der Waals surface area (Å²) in [5, 5.41) is 5.99. The lowest BCUT2D eigenvalue weighted by Crippen LogP contribution is -2.38. The Bertz CT molecular complexity index is 758. The van der Waals surface area contributed by atoms with Crippen molar-refractivity contribution >= 4 is 17.2 Å². The highest BCUT2D eigenvalue weighted by molar-refractivity contribution is 7.13. The summed E-state index contributed by atoms with van der Waals surface area (Å²) in [6.07, 6.45) is -0.772. The minimum Gasteiger partial charge on any atom is -0.369 e. The van der Waals surface area contributed by atoms with Gasteiger partial charge in [0.05, 0.1) is 11.3 Å². The molecule has 0 saturated heterocycles. The fraction of sp³-hybridized carbons (Fsp3) is 0.444. The average molecular weight is 383 g/mol. The molecule has 26 heavy (non-hydrogen) atoms. The van der Waals surface area contributed by atoms with Crippen LogP contribution in [0.15, 0.2) is 29.6 Å². The van der Waals surface area contributed by atoms with Gasteiger partial charge in [0.25, 0.3) is 0 Å². The molecule has 3 rings (SSSR count). The number of amides is 1. The van der Waals surface area contributed by atoms with Gasteiger partial charge >= 0.3 is 6.18 Å². The van der Waals surface area contributed by atoms with Crippen molar-refractivity contribution in [1.29, 1.82) is 0 Å². The fourth-order valence-electron chi connectivity index (χ4n) is 3.21. The van der Waals surface area contributed by atoms with Gasteiger partial charge in [-0.2, -0.15) is 13.2 Å². The zero-order chi connectivity index (χ0) is 18.7. The van der Waals surface area contributed by atoms with Gasteiger partial charge in [0, 0.05) is 29.4 Å². The Kier molecular flexibility index (Phi) is 5.62. The first-order valence-corrected chi connectivity index (χ1v) is 9.35. The number of aromatic nitrogens is 1. The minimum absolute atomic E-state index is 0.0700. The van der Waals surface area contributed by atoms with Crippen LogP contribution in [-0.2, 0) is 17.5 Å². The van der Waals surface area contributed by atoms with E-state index in [9.17, 15) is 18.0 Å². The van der Waals surface area contributed by atoms with Gasteiger partial charge in [-0.3, -0.25) is 4.79 Å². The lowest BCUT2D eigenvalue weighted by molar-refractivity contribution is -0.137. The van der Waals surface area contributed by atoms with Gasteiger partial charge in [-0.05, 0) is 31.4 Å². The van der Waals surface area contributed by atoms with E-state index in [-0.39, 0.29) is 17.9 Å². The van der Waals surface area contributed by atoms with Gasteiger partial charge in [-0.15, -0.1) is 11.3 Å². The summed E-state index contributed by atoms with van der Waals surface area (Å²) < 4.78 is 37.9. The van der Waals surface area contributed by atoms with Crippen LogP contribution in [0.3, 0.4) is 0 Å². The lowest BCUT2D eigenvalue weighted by Gasteiger charge is -2.27. The topological polar surface area (TPSA) is 68.0 Å². The molecule has 0 radical (unpaired) electrons. The summed E-state index contributed by atoms with van der Waals surface area (Å²) in [5.41, 5.74) is 6.23. The van der Waals surface area contributed by atoms with Crippen molar-refractivity contribution in [1.82, 2.24) is 10.3 Å². The number of rotatable bonds is 5. The number of hydrogen-bond donors (Lipinski definition) is 2. The smallest absolute Gasteiger partial charge is 0.369 e. The lowest BCUT2D eigenvalue weighted by atomic mass is 9.85. The molecule has 2 unspecified atom stereocenters. The van der Waals surface area contributed by atoms with Gasteiger partial charge in [-0.1, -0.05) is 18.6 Å². The molecule has 1 aromatic carbocycles. The first-order chi connectivity index (χ1) is 12.3. The summed E-state index contributed by atoms with van der Waals surface area (Å²) in [7, 11) is 0. The third-order valence-corrected chi connectivity index (χ3v) is 5.60. The molecule has 2 atom stereocenters. The molecular formula is C18H20F3N3OS. The number of thiazole rings is 1. The summed E-state index contributed by atoms with van der Waals surface area (Å²) in [6, 6.07) is 5.26. The number of nitrogens with zero attached hydrogens (tertiary/aromatic N) is 1. The molecule has 1 aromatic heterocycles. The van der Waals surface area contributed by atoms with Crippen molar-refractivity contribution in [2.75, 3.05) is 0 Å². The summed E-state index contributed by atoms with van der Waals surface area (Å²) >= 11 is 1.40. The van der Waals surface area contributed by atoms with E-state index in [2.05, 4.69) is 10.3 Å². The molecule has 1 aliphatic rings. The van der Waals surface area contributed by atoms with E-state index in [0.29, 0.717) is 17.1 Å². The van der Waals surface area contributed by atoms with Crippen LogP contribution in [0.5, 0.6) is 0 Å². The molecule has 0 aliphatic heterocycles. The van der Waals surface area contributed by atoms with Crippen molar-refractivity contribution in [2.24, 2.45) is 11.7 Å². The minimum atomic E-state index is -4.33. The van der Waals surface area contributed by atoms with E-state index in [1.165, 1.54) is 23.5 Å². The van der Waals surface area contributed by atoms with E-state index in [1.807, 2.05) is 5.38 Å². The van der Waals surface area contributed by atoms with Crippen molar-refractivity contribution < 1.29 is 18.0 Å². The van der Waals surface area contributed by atoms with Crippen molar-refractivity contribution in [3.05, 3.63) is 40.9 Å². The third-order valence-electron chi connectivity index (χ3n) is 4.66. The largest absolute Gasteiger partial charge is 0.416 e. The number of carbonyl (C=O) groups is 1. The normalized spacial score (nSPS) is 20.9. The molecule has 1 aliphatic carbocycles. The second-order valence-corrected chi connectivity index (χ2v) is 7.42. The second-order valence-electron chi connectivity index (χ2n) is 6.56. The van der Waals surface area contributed by atoms with Crippen LogP contribution in [0.4, 0.5) is 13.2 Å². The number of nitrogens with two attached hydrogens (primary N) is 1. The van der Waals surface area contributed by atoms with Crippen molar-refractivity contribution in [2.45, 2.75) is 44.4 Å². The standard InChI is InChI=1S/C18H20F3N3OS/c19-18(20,21)13-6-4-11(5-7-13)17-24-15(10-26-17)9-23-14-3-1-2-12(8-14)16(22)25/h4-7,10,12,14,23H,1-3,8-9H2,(H2,22,25).